The second-order valence-corrected chi connectivity index (χ2v) is 14.4. The average molecular weight is 683 g/mol. The fourth-order valence-electron chi connectivity index (χ4n) is 8.27. The lowest BCUT2D eigenvalue weighted by Gasteiger charge is -2.45. The van der Waals surface area contributed by atoms with Gasteiger partial charge in [0, 0.05) is 43.2 Å². The number of alkyl halides is 3. The molecule has 0 unspecified atom stereocenters. The number of hydrogen-bond donors (Lipinski definition) is 3. The molecule has 250 valence electrons. The zero-order valence-electron chi connectivity index (χ0n) is 25.6. The Labute approximate surface area is 278 Å². The summed E-state index contributed by atoms with van der Waals surface area (Å²) in [5.74, 6) is 0.579. The van der Waals surface area contributed by atoms with Gasteiger partial charge < -0.3 is 14.7 Å². The van der Waals surface area contributed by atoms with Gasteiger partial charge in [-0.25, -0.2) is 22.0 Å². The van der Waals surface area contributed by atoms with Crippen LogP contribution in [-0.2, 0) is 0 Å². The highest BCUT2D eigenvalue weighted by Gasteiger charge is 2.57. The smallest absolute Gasteiger partial charge is 0.319 e. The van der Waals surface area contributed by atoms with Gasteiger partial charge in [0.2, 0.25) is 0 Å². The van der Waals surface area contributed by atoms with E-state index in [1.807, 2.05) is 0 Å². The summed E-state index contributed by atoms with van der Waals surface area (Å²) < 4.78 is 81.4. The summed E-state index contributed by atoms with van der Waals surface area (Å²) in [6.45, 7) is 1.11. The van der Waals surface area contributed by atoms with Crippen LogP contribution >= 0.6 is 12.6 Å². The number of fused-ring (bicyclic) bond motifs is 5. The molecule has 0 amide bonds. The Kier molecular flexibility index (Phi) is 7.21. The molecule has 4 saturated heterocycles. The molecule has 48 heavy (non-hydrogen) atoms. The summed E-state index contributed by atoms with van der Waals surface area (Å²) in [5, 5.41) is 14.2. The number of aromatic nitrogens is 3. The number of pyridine rings is 1. The standard InChI is InChI=1S/C34H31F5N6O2S/c1-2-21-24(36)5-4-18-10-20(46)11-22(25(18)21)27-26(37)28-23(13-40-27)29(44-15-33(30(38)39)7-8-34(48,16-44)43-33)42-31(41-28)47-17-32-6-3-9-45(32)14-19(35)12-32/h1,4-5,10-11,13,19,30,43,46,48H,3,6-9,12,14-17H2/t19-,32+,33-,34-/m1/s1. The number of nitrogens with one attached hydrogen (secondary N) is 1. The molecule has 2 N–H and O–H groups in total. The van der Waals surface area contributed by atoms with E-state index in [1.54, 1.807) is 4.90 Å². The van der Waals surface area contributed by atoms with Gasteiger partial charge in [-0.05, 0) is 55.8 Å². The molecule has 0 saturated carbocycles. The quantitative estimate of drug-likeness (QED) is 0.138. The van der Waals surface area contributed by atoms with Crippen molar-refractivity contribution < 1.29 is 31.8 Å². The van der Waals surface area contributed by atoms with E-state index in [0.717, 1.165) is 19.0 Å². The summed E-state index contributed by atoms with van der Waals surface area (Å²) >= 11 is 4.71. The molecule has 8 rings (SSSR count). The van der Waals surface area contributed by atoms with Crippen LogP contribution in [0.4, 0.5) is 27.8 Å². The van der Waals surface area contributed by atoms with Gasteiger partial charge in [-0.3, -0.25) is 15.2 Å². The zero-order chi connectivity index (χ0) is 33.6. The molecule has 2 bridgehead atoms. The van der Waals surface area contributed by atoms with Gasteiger partial charge in [-0.2, -0.15) is 22.6 Å². The Bertz CT molecular complexity index is 2030. The molecular weight excluding hydrogens is 651 g/mol. The van der Waals surface area contributed by atoms with Gasteiger partial charge in [-0.1, -0.05) is 12.0 Å². The summed E-state index contributed by atoms with van der Waals surface area (Å²) in [7, 11) is 0. The van der Waals surface area contributed by atoms with E-state index in [9.17, 15) is 22.7 Å². The van der Waals surface area contributed by atoms with Crippen molar-refractivity contribution in [3.8, 4) is 35.4 Å². The maximum Gasteiger partial charge on any atom is 0.319 e. The molecule has 0 spiro atoms. The maximum atomic E-state index is 16.9. The lowest BCUT2D eigenvalue weighted by Crippen LogP contribution is -2.66. The minimum atomic E-state index is -2.71. The summed E-state index contributed by atoms with van der Waals surface area (Å²) in [5.41, 5.74) is -2.72. The molecule has 2 aromatic heterocycles. The molecule has 4 aromatic rings. The van der Waals surface area contributed by atoms with E-state index in [-0.39, 0.29) is 83.2 Å². The number of terminal acetylenes is 1. The predicted octanol–water partition coefficient (Wildman–Crippen LogP) is 5.60. The number of phenolic OH excluding ortho intramolecular Hbond substituents is 1. The van der Waals surface area contributed by atoms with Crippen LogP contribution in [0.5, 0.6) is 11.8 Å². The molecule has 6 heterocycles. The van der Waals surface area contributed by atoms with Crippen LogP contribution in [-0.4, -0.2) is 86.3 Å². The van der Waals surface area contributed by atoms with Crippen LogP contribution < -0.4 is 15.0 Å². The van der Waals surface area contributed by atoms with E-state index in [1.165, 1.54) is 24.4 Å². The molecule has 8 nitrogen and oxygen atoms in total. The fraction of sp³-hybridized carbons (Fsp3) is 0.441. The summed E-state index contributed by atoms with van der Waals surface area (Å²) in [6, 6.07) is 4.99. The Morgan fingerprint density at radius 3 is 2.79 bits per heavy atom. The third kappa shape index (κ3) is 4.84. The molecule has 4 atom stereocenters. The van der Waals surface area contributed by atoms with Crippen molar-refractivity contribution in [3.05, 3.63) is 47.7 Å². The first-order valence-electron chi connectivity index (χ1n) is 15.8. The van der Waals surface area contributed by atoms with Crippen molar-refractivity contribution in [2.75, 3.05) is 37.7 Å². The number of benzene rings is 2. The predicted molar refractivity (Wildman–Crippen MR) is 173 cm³/mol. The molecule has 2 aromatic carbocycles. The molecule has 0 aliphatic carbocycles. The third-order valence-corrected chi connectivity index (χ3v) is 10.9. The third-order valence-electron chi connectivity index (χ3n) is 10.4. The molecule has 4 aliphatic heterocycles. The summed E-state index contributed by atoms with van der Waals surface area (Å²) in [4.78, 5) is 16.2. The minimum Gasteiger partial charge on any atom is -0.508 e. The van der Waals surface area contributed by atoms with E-state index in [2.05, 4.69) is 31.1 Å². The van der Waals surface area contributed by atoms with Crippen molar-refractivity contribution in [3.63, 3.8) is 0 Å². The number of halogens is 5. The van der Waals surface area contributed by atoms with Crippen molar-refractivity contribution >= 4 is 40.1 Å². The number of phenols is 1. The van der Waals surface area contributed by atoms with Crippen molar-refractivity contribution in [1.29, 1.82) is 0 Å². The molecule has 14 heteroatoms. The van der Waals surface area contributed by atoms with Crippen LogP contribution in [0.3, 0.4) is 0 Å². The van der Waals surface area contributed by atoms with Gasteiger partial charge in [0.05, 0.1) is 26.9 Å². The first-order chi connectivity index (χ1) is 22.9. The van der Waals surface area contributed by atoms with E-state index in [0.29, 0.717) is 24.8 Å². The first kappa shape index (κ1) is 31.3. The van der Waals surface area contributed by atoms with Gasteiger partial charge >= 0.3 is 6.01 Å². The first-order valence-corrected chi connectivity index (χ1v) is 16.2. The lowest BCUT2D eigenvalue weighted by atomic mass is 9.95. The van der Waals surface area contributed by atoms with Crippen LogP contribution in [0, 0.1) is 24.0 Å². The number of anilines is 1. The van der Waals surface area contributed by atoms with E-state index < -0.39 is 40.2 Å². The van der Waals surface area contributed by atoms with E-state index in [4.69, 9.17) is 23.8 Å². The Morgan fingerprint density at radius 1 is 1.17 bits per heavy atom. The zero-order valence-corrected chi connectivity index (χ0v) is 26.5. The van der Waals surface area contributed by atoms with Gasteiger partial charge in [0.15, 0.2) is 5.82 Å². The average Bonchev–Trinajstić information content (AvgIpc) is 3.66. The minimum absolute atomic E-state index is 0.0334. The fourth-order valence-corrected chi connectivity index (χ4v) is 8.77. The normalized spacial score (nSPS) is 28.5. The maximum absolute atomic E-state index is 16.9. The molecule has 0 radical (unpaired) electrons. The van der Waals surface area contributed by atoms with Crippen LogP contribution in [0.15, 0.2) is 30.5 Å². The second-order valence-electron chi connectivity index (χ2n) is 13.5. The number of rotatable bonds is 6. The highest BCUT2D eigenvalue weighted by molar-refractivity contribution is 7.81. The monoisotopic (exact) mass is 682 g/mol. The van der Waals surface area contributed by atoms with Crippen molar-refractivity contribution in [1.82, 2.24) is 25.2 Å². The Balaban J connectivity index is 1.29. The van der Waals surface area contributed by atoms with Crippen molar-refractivity contribution in [2.45, 2.75) is 60.7 Å². The summed E-state index contributed by atoms with van der Waals surface area (Å²) in [6.07, 6.45) is 5.68. The number of hydrogen-bond acceptors (Lipinski definition) is 9. The molecule has 4 fully saturated rings. The number of aromatic hydroxyl groups is 1. The highest BCUT2D eigenvalue weighted by atomic mass is 32.1. The number of thiol groups is 1. The van der Waals surface area contributed by atoms with Crippen LogP contribution in [0.2, 0.25) is 0 Å². The van der Waals surface area contributed by atoms with Crippen molar-refractivity contribution in [2.24, 2.45) is 0 Å². The van der Waals surface area contributed by atoms with E-state index >= 15 is 4.39 Å². The molecule has 4 aliphatic rings. The Morgan fingerprint density at radius 2 is 2.00 bits per heavy atom. The SMILES string of the molecule is C#Cc1c(F)ccc2cc(O)cc(-c3ncc4c(N5C[C@]6(S)CC[C@](C(F)F)(C5)N6)nc(OC[C@@]56CCCN5C[C@H](F)C6)nc4c3F)c12. The van der Waals surface area contributed by atoms with Crippen LogP contribution in [0.25, 0.3) is 32.9 Å². The number of piperazine rings is 1. The van der Waals surface area contributed by atoms with Gasteiger partial charge in [-0.15, -0.1) is 6.42 Å². The second kappa shape index (κ2) is 11.0. The topological polar surface area (TPSA) is 86.6 Å². The van der Waals surface area contributed by atoms with Gasteiger partial charge in [0.25, 0.3) is 6.43 Å². The Hall–Kier alpha value is -3.93. The number of nitrogens with zero attached hydrogens (tertiary/aromatic N) is 5. The molecular formula is C34H31F5N6O2S. The highest BCUT2D eigenvalue weighted by Crippen LogP contribution is 2.46. The van der Waals surface area contributed by atoms with Gasteiger partial charge in [0.1, 0.15) is 41.4 Å². The number of ether oxygens (including phenoxy) is 1. The van der Waals surface area contributed by atoms with Crippen LogP contribution in [0.1, 0.15) is 37.7 Å². The largest absolute Gasteiger partial charge is 0.508 e. The lowest BCUT2D eigenvalue weighted by molar-refractivity contribution is 0.0349.